The minimum Gasteiger partial charge on any atom is -0.495 e. The first-order valence-electron chi connectivity index (χ1n) is 10.4. The first-order chi connectivity index (χ1) is 16.7. The Morgan fingerprint density at radius 1 is 1.09 bits per heavy atom. The van der Waals surface area contributed by atoms with Crippen molar-refractivity contribution in [2.45, 2.75) is 6.61 Å². The molecule has 1 heterocycles. The van der Waals surface area contributed by atoms with Gasteiger partial charge in [0.25, 0.3) is 0 Å². The summed E-state index contributed by atoms with van der Waals surface area (Å²) < 4.78 is 41.8. The number of halogens is 3. The molecule has 0 aliphatic carbocycles. The van der Waals surface area contributed by atoms with Gasteiger partial charge in [-0.05, 0) is 32.3 Å². The molecule has 188 valence electrons. The number of benzene rings is 2. The minimum absolute atomic E-state index is 0.0307. The van der Waals surface area contributed by atoms with Gasteiger partial charge in [0.1, 0.15) is 17.8 Å². The number of likely N-dealkylation sites (N-methyl/N-ethyl adjacent to an activating group) is 2. The van der Waals surface area contributed by atoms with Gasteiger partial charge in [0, 0.05) is 32.3 Å². The largest absolute Gasteiger partial charge is 0.495 e. The number of anilines is 4. The summed E-state index contributed by atoms with van der Waals surface area (Å²) in [4.78, 5) is 16.0. The highest BCUT2D eigenvalue weighted by Crippen LogP contribution is 2.37. The summed E-state index contributed by atoms with van der Waals surface area (Å²) in [7, 11) is 7.17. The number of rotatable bonds is 11. The number of alkyl halides is 2. The van der Waals surface area contributed by atoms with E-state index in [0.717, 1.165) is 6.54 Å². The summed E-state index contributed by atoms with van der Waals surface area (Å²) >= 11 is 6.03. The highest BCUT2D eigenvalue weighted by Gasteiger charge is 2.17. The zero-order valence-electron chi connectivity index (χ0n) is 19.6. The average molecular weight is 510 g/mol. The van der Waals surface area contributed by atoms with E-state index >= 15 is 0 Å². The number of hydrogen-bond donors (Lipinski definition) is 2. The maximum Gasteiger partial charge on any atom is 0.387 e. The Balaban J connectivity index is 1.85. The molecule has 0 saturated carbocycles. The fourth-order valence-electron chi connectivity index (χ4n) is 3.00. The summed E-state index contributed by atoms with van der Waals surface area (Å²) in [6.07, 6.45) is 1.21. The van der Waals surface area contributed by atoms with E-state index in [-0.39, 0.29) is 23.4 Å². The van der Waals surface area contributed by atoms with Crippen LogP contribution >= 0.6 is 11.6 Å². The molecule has 0 amide bonds. The third-order valence-electron chi connectivity index (χ3n) is 4.77. The molecule has 0 radical (unpaired) electrons. The molecule has 3 rings (SSSR count). The van der Waals surface area contributed by atoms with Crippen molar-refractivity contribution in [3.05, 3.63) is 41.7 Å². The topological polar surface area (TPSA) is 111 Å². The van der Waals surface area contributed by atoms with Crippen LogP contribution in [0.1, 0.15) is 0 Å². The van der Waals surface area contributed by atoms with E-state index in [0.29, 0.717) is 34.4 Å². The molecule has 13 heteroatoms. The van der Waals surface area contributed by atoms with Gasteiger partial charge in [-0.25, -0.2) is 4.98 Å². The van der Waals surface area contributed by atoms with Crippen molar-refractivity contribution in [3.8, 4) is 23.3 Å². The Bertz CT molecular complexity index is 1150. The van der Waals surface area contributed by atoms with Crippen LogP contribution in [0.15, 0.2) is 36.7 Å². The minimum atomic E-state index is -3.05. The molecule has 0 aliphatic rings. The smallest absolute Gasteiger partial charge is 0.387 e. The number of nitrogens with two attached hydrogens (primary N) is 1. The lowest BCUT2D eigenvalue weighted by Crippen LogP contribution is -2.29. The third-order valence-corrected chi connectivity index (χ3v) is 5.08. The van der Waals surface area contributed by atoms with Gasteiger partial charge in [0.15, 0.2) is 5.75 Å². The van der Waals surface area contributed by atoms with Gasteiger partial charge in [-0.2, -0.15) is 18.7 Å². The van der Waals surface area contributed by atoms with Gasteiger partial charge in [-0.1, -0.05) is 11.6 Å². The van der Waals surface area contributed by atoms with Gasteiger partial charge in [-0.15, -0.1) is 0 Å². The predicted molar refractivity (Wildman–Crippen MR) is 130 cm³/mol. The standard InChI is InChI=1S/C22H26ClF2N7O3/c1-31(2)7-8-32(3)17-11-19(35-20(24)25)16(10-15(17)26)29-21-27-12-28-22(30-21)34-13-5-6-14(23)18(9-13)33-4/h5-6,9-12,20H,7-8,26H2,1-4H3,(H,27,28,29,30). The monoisotopic (exact) mass is 509 g/mol. The maximum absolute atomic E-state index is 13.1. The fraction of sp³-hybridized carbons (Fsp3) is 0.318. The van der Waals surface area contributed by atoms with Gasteiger partial charge >= 0.3 is 12.6 Å². The van der Waals surface area contributed by atoms with E-state index in [1.165, 1.54) is 25.6 Å². The molecule has 0 unspecified atom stereocenters. The van der Waals surface area contributed by atoms with Crippen LogP contribution in [0.4, 0.5) is 31.8 Å². The molecule has 0 fully saturated rings. The van der Waals surface area contributed by atoms with Gasteiger partial charge in [0.2, 0.25) is 5.95 Å². The SMILES string of the molecule is COc1cc(Oc2ncnc(Nc3cc(N)c(N(C)CCN(C)C)cc3OC(F)F)n2)ccc1Cl. The van der Waals surface area contributed by atoms with Crippen LogP contribution in [0.3, 0.4) is 0 Å². The van der Waals surface area contributed by atoms with E-state index in [2.05, 4.69) is 20.3 Å². The van der Waals surface area contributed by atoms with Crippen LogP contribution in [0.25, 0.3) is 0 Å². The highest BCUT2D eigenvalue weighted by atomic mass is 35.5. The van der Waals surface area contributed by atoms with Crippen molar-refractivity contribution < 1.29 is 23.0 Å². The molecule has 3 N–H and O–H groups in total. The lowest BCUT2D eigenvalue weighted by atomic mass is 10.2. The van der Waals surface area contributed by atoms with Crippen molar-refractivity contribution in [2.75, 3.05) is 57.3 Å². The van der Waals surface area contributed by atoms with Gasteiger partial charge in [-0.3, -0.25) is 0 Å². The van der Waals surface area contributed by atoms with Crippen molar-refractivity contribution in [1.29, 1.82) is 0 Å². The second-order valence-corrected chi connectivity index (χ2v) is 8.03. The molecule has 0 spiro atoms. The van der Waals surface area contributed by atoms with Crippen molar-refractivity contribution >= 4 is 34.6 Å². The number of nitrogen functional groups attached to an aromatic ring is 1. The number of nitrogens with one attached hydrogen (secondary N) is 1. The Labute approximate surface area is 206 Å². The normalized spacial score (nSPS) is 11.0. The fourth-order valence-corrected chi connectivity index (χ4v) is 3.19. The first kappa shape index (κ1) is 26.0. The molecule has 1 aromatic heterocycles. The zero-order valence-corrected chi connectivity index (χ0v) is 20.4. The predicted octanol–water partition coefficient (Wildman–Crippen LogP) is 4.25. The molecular weight excluding hydrogens is 484 g/mol. The molecule has 0 aliphatic heterocycles. The van der Waals surface area contributed by atoms with Crippen LogP contribution < -0.4 is 30.2 Å². The van der Waals surface area contributed by atoms with Gasteiger partial charge in [0.05, 0.1) is 29.2 Å². The Morgan fingerprint density at radius 2 is 1.86 bits per heavy atom. The van der Waals surface area contributed by atoms with Crippen LogP contribution in [-0.4, -0.2) is 67.8 Å². The van der Waals surface area contributed by atoms with E-state index in [1.54, 1.807) is 18.2 Å². The van der Waals surface area contributed by atoms with Crippen LogP contribution in [-0.2, 0) is 0 Å². The lowest BCUT2D eigenvalue weighted by Gasteiger charge is -2.24. The molecule has 35 heavy (non-hydrogen) atoms. The van der Waals surface area contributed by atoms with Crippen LogP contribution in [0, 0.1) is 0 Å². The van der Waals surface area contributed by atoms with Crippen molar-refractivity contribution in [2.24, 2.45) is 0 Å². The summed E-state index contributed by atoms with van der Waals surface area (Å²) in [5.74, 6) is 0.699. The molecule has 0 atom stereocenters. The molecule has 3 aromatic rings. The molecule has 0 saturated heterocycles. The highest BCUT2D eigenvalue weighted by molar-refractivity contribution is 6.32. The average Bonchev–Trinajstić information content (AvgIpc) is 2.80. The number of nitrogens with zero attached hydrogens (tertiary/aromatic N) is 5. The second kappa shape index (κ2) is 11.7. The zero-order chi connectivity index (χ0) is 25.5. The lowest BCUT2D eigenvalue weighted by molar-refractivity contribution is -0.0493. The van der Waals surface area contributed by atoms with Crippen LogP contribution in [0.2, 0.25) is 5.02 Å². The summed E-state index contributed by atoms with van der Waals surface area (Å²) in [6.45, 7) is -1.67. The maximum atomic E-state index is 13.1. The molecule has 0 bridgehead atoms. The summed E-state index contributed by atoms with van der Waals surface area (Å²) in [5, 5.41) is 3.25. The van der Waals surface area contributed by atoms with E-state index in [9.17, 15) is 8.78 Å². The first-order valence-corrected chi connectivity index (χ1v) is 10.8. The van der Waals surface area contributed by atoms with Gasteiger partial charge < -0.3 is 35.1 Å². The molecular formula is C22H26ClF2N7O3. The van der Waals surface area contributed by atoms with Crippen LogP contribution in [0.5, 0.6) is 23.3 Å². The summed E-state index contributed by atoms with van der Waals surface area (Å²) in [5.41, 5.74) is 7.27. The van der Waals surface area contributed by atoms with Crippen molar-refractivity contribution in [1.82, 2.24) is 19.9 Å². The Morgan fingerprint density at radius 3 is 2.54 bits per heavy atom. The number of hydrogen-bond acceptors (Lipinski definition) is 10. The third kappa shape index (κ3) is 7.17. The number of methoxy groups -OCH3 is 1. The Hall–Kier alpha value is -3.64. The Kier molecular flexibility index (Phi) is 8.66. The quantitative estimate of drug-likeness (QED) is 0.364. The summed E-state index contributed by atoms with van der Waals surface area (Å²) in [6, 6.07) is 7.66. The van der Waals surface area contributed by atoms with E-state index in [1.807, 2.05) is 30.9 Å². The van der Waals surface area contributed by atoms with Crippen molar-refractivity contribution in [3.63, 3.8) is 0 Å². The molecule has 10 nitrogen and oxygen atoms in total. The van der Waals surface area contributed by atoms with E-state index < -0.39 is 6.61 Å². The second-order valence-electron chi connectivity index (χ2n) is 7.63. The van der Waals surface area contributed by atoms with E-state index in [4.69, 9.17) is 31.5 Å². The number of ether oxygens (including phenoxy) is 3. The number of aromatic nitrogens is 3. The molecule has 2 aromatic carbocycles.